The van der Waals surface area contributed by atoms with Crippen LogP contribution in [0.25, 0.3) is 0 Å². The molecular weight excluding hydrogens is 212 g/mol. The van der Waals surface area contributed by atoms with Crippen molar-refractivity contribution in [2.75, 3.05) is 13.1 Å². The van der Waals surface area contributed by atoms with Crippen molar-refractivity contribution in [3.05, 3.63) is 0 Å². The van der Waals surface area contributed by atoms with E-state index in [2.05, 4.69) is 10.2 Å². The normalized spacial score (nSPS) is 30.5. The lowest BCUT2D eigenvalue weighted by Gasteiger charge is -2.29. The molecule has 3 rings (SSSR count). The second-order valence-electron chi connectivity index (χ2n) is 6.04. The molecule has 1 saturated heterocycles. The monoisotopic (exact) mass is 236 g/mol. The van der Waals surface area contributed by atoms with Crippen molar-refractivity contribution < 1.29 is 4.79 Å². The van der Waals surface area contributed by atoms with E-state index in [1.54, 1.807) is 0 Å². The zero-order valence-corrected chi connectivity index (χ0v) is 10.7. The fourth-order valence-electron chi connectivity index (χ4n) is 3.47. The Hall–Kier alpha value is -0.570. The molecule has 1 amide bonds. The quantitative estimate of drug-likeness (QED) is 0.793. The predicted octanol–water partition coefficient (Wildman–Crippen LogP) is 2.12. The summed E-state index contributed by atoms with van der Waals surface area (Å²) in [6, 6.07) is 0. The van der Waals surface area contributed by atoms with Gasteiger partial charge in [-0.05, 0) is 37.5 Å². The maximum Gasteiger partial charge on any atom is 0.237 e. The second kappa shape index (κ2) is 4.97. The van der Waals surface area contributed by atoms with E-state index in [0.717, 1.165) is 18.4 Å². The molecule has 0 aromatic carbocycles. The summed E-state index contributed by atoms with van der Waals surface area (Å²) in [5.41, 5.74) is 0. The fourth-order valence-corrected chi connectivity index (χ4v) is 3.47. The van der Waals surface area contributed by atoms with E-state index in [-0.39, 0.29) is 0 Å². The van der Waals surface area contributed by atoms with Crippen LogP contribution in [0.2, 0.25) is 0 Å². The largest absolute Gasteiger partial charge is 0.326 e. The molecule has 0 radical (unpaired) electrons. The minimum Gasteiger partial charge on any atom is -0.326 e. The third-order valence-electron chi connectivity index (χ3n) is 4.67. The molecular formula is C14H24N2O. The number of nitrogens with zero attached hydrogens (tertiary/aromatic N) is 1. The van der Waals surface area contributed by atoms with Crippen LogP contribution < -0.4 is 5.32 Å². The molecule has 3 heteroatoms. The third kappa shape index (κ3) is 2.65. The van der Waals surface area contributed by atoms with Crippen LogP contribution >= 0.6 is 0 Å². The molecule has 1 heterocycles. The van der Waals surface area contributed by atoms with Gasteiger partial charge >= 0.3 is 0 Å². The summed E-state index contributed by atoms with van der Waals surface area (Å²) >= 11 is 0. The maximum absolute atomic E-state index is 11.9. The SMILES string of the molecule is O=C1CNC(C2CCCC2)N1CCCC1CC1. The molecule has 1 N–H and O–H groups in total. The van der Waals surface area contributed by atoms with Gasteiger partial charge < -0.3 is 4.90 Å². The zero-order chi connectivity index (χ0) is 11.7. The van der Waals surface area contributed by atoms with Gasteiger partial charge in [0.25, 0.3) is 0 Å². The highest BCUT2D eigenvalue weighted by molar-refractivity contribution is 5.80. The molecule has 1 aliphatic heterocycles. The maximum atomic E-state index is 11.9. The summed E-state index contributed by atoms with van der Waals surface area (Å²) in [4.78, 5) is 14.0. The van der Waals surface area contributed by atoms with Crippen molar-refractivity contribution in [1.82, 2.24) is 10.2 Å². The van der Waals surface area contributed by atoms with Crippen LogP contribution in [-0.2, 0) is 4.79 Å². The zero-order valence-electron chi connectivity index (χ0n) is 10.7. The van der Waals surface area contributed by atoms with Crippen molar-refractivity contribution in [1.29, 1.82) is 0 Å². The minimum atomic E-state index is 0.331. The van der Waals surface area contributed by atoms with Gasteiger partial charge in [0.1, 0.15) is 0 Å². The summed E-state index contributed by atoms with van der Waals surface area (Å²) in [5, 5.41) is 3.43. The van der Waals surface area contributed by atoms with E-state index in [1.165, 1.54) is 51.4 Å². The lowest BCUT2D eigenvalue weighted by molar-refractivity contribution is -0.128. The van der Waals surface area contributed by atoms with Gasteiger partial charge in [-0.1, -0.05) is 25.7 Å². The molecule has 3 fully saturated rings. The number of carbonyl (C=O) groups excluding carboxylic acids is 1. The summed E-state index contributed by atoms with van der Waals surface area (Å²) < 4.78 is 0. The van der Waals surface area contributed by atoms with Crippen LogP contribution in [0.15, 0.2) is 0 Å². The van der Waals surface area contributed by atoms with Crippen molar-refractivity contribution in [3.63, 3.8) is 0 Å². The van der Waals surface area contributed by atoms with Crippen LogP contribution in [0.5, 0.6) is 0 Å². The molecule has 0 bridgehead atoms. The van der Waals surface area contributed by atoms with Gasteiger partial charge in [-0.3, -0.25) is 10.1 Å². The van der Waals surface area contributed by atoms with Crippen LogP contribution in [0.4, 0.5) is 0 Å². The van der Waals surface area contributed by atoms with E-state index in [0.29, 0.717) is 18.6 Å². The molecule has 3 aliphatic rings. The standard InChI is InChI=1S/C14H24N2O/c17-13-10-15-14(12-5-1-2-6-12)16(13)9-3-4-11-7-8-11/h11-12,14-15H,1-10H2. The smallest absolute Gasteiger partial charge is 0.237 e. The molecule has 17 heavy (non-hydrogen) atoms. The first-order valence-corrected chi connectivity index (χ1v) is 7.37. The van der Waals surface area contributed by atoms with Crippen molar-refractivity contribution in [3.8, 4) is 0 Å². The summed E-state index contributed by atoms with van der Waals surface area (Å²) in [6.07, 6.45) is 11.1. The highest BCUT2D eigenvalue weighted by Crippen LogP contribution is 2.34. The number of amides is 1. The van der Waals surface area contributed by atoms with Gasteiger partial charge in [0.2, 0.25) is 5.91 Å². The van der Waals surface area contributed by atoms with E-state index in [4.69, 9.17) is 0 Å². The molecule has 96 valence electrons. The number of nitrogens with one attached hydrogen (secondary N) is 1. The van der Waals surface area contributed by atoms with Crippen LogP contribution in [0.1, 0.15) is 51.4 Å². The Morgan fingerprint density at radius 1 is 1.18 bits per heavy atom. The van der Waals surface area contributed by atoms with Crippen LogP contribution in [-0.4, -0.2) is 30.1 Å². The van der Waals surface area contributed by atoms with Gasteiger partial charge in [-0.2, -0.15) is 0 Å². The van der Waals surface area contributed by atoms with Crippen molar-refractivity contribution in [2.24, 2.45) is 11.8 Å². The average Bonchev–Trinajstić information content (AvgIpc) is 2.85. The first kappa shape index (κ1) is 11.5. The molecule has 1 atom stereocenters. The van der Waals surface area contributed by atoms with Crippen LogP contribution in [0.3, 0.4) is 0 Å². The summed E-state index contributed by atoms with van der Waals surface area (Å²) in [5.74, 6) is 2.05. The number of hydrogen-bond acceptors (Lipinski definition) is 2. The molecule has 2 aliphatic carbocycles. The van der Waals surface area contributed by atoms with Gasteiger partial charge in [0.05, 0.1) is 12.7 Å². The Morgan fingerprint density at radius 3 is 2.65 bits per heavy atom. The Balaban J connectivity index is 1.52. The van der Waals surface area contributed by atoms with E-state index in [9.17, 15) is 4.79 Å². The van der Waals surface area contributed by atoms with Crippen molar-refractivity contribution >= 4 is 5.91 Å². The highest BCUT2D eigenvalue weighted by atomic mass is 16.2. The van der Waals surface area contributed by atoms with Crippen LogP contribution in [0, 0.1) is 11.8 Å². The summed E-state index contributed by atoms with van der Waals surface area (Å²) in [7, 11) is 0. The lowest BCUT2D eigenvalue weighted by atomic mass is 10.0. The lowest BCUT2D eigenvalue weighted by Crippen LogP contribution is -2.42. The van der Waals surface area contributed by atoms with Gasteiger partial charge in [0.15, 0.2) is 0 Å². The predicted molar refractivity (Wildman–Crippen MR) is 67.4 cm³/mol. The topological polar surface area (TPSA) is 32.3 Å². The van der Waals surface area contributed by atoms with E-state index < -0.39 is 0 Å². The highest BCUT2D eigenvalue weighted by Gasteiger charge is 2.36. The number of carbonyl (C=O) groups is 1. The minimum absolute atomic E-state index is 0.331. The Morgan fingerprint density at radius 2 is 1.94 bits per heavy atom. The van der Waals surface area contributed by atoms with Crippen molar-refractivity contribution in [2.45, 2.75) is 57.5 Å². The Kier molecular flexibility index (Phi) is 3.37. The third-order valence-corrected chi connectivity index (χ3v) is 4.67. The second-order valence-corrected chi connectivity index (χ2v) is 6.04. The molecule has 3 nitrogen and oxygen atoms in total. The van der Waals surface area contributed by atoms with Gasteiger partial charge in [-0.25, -0.2) is 0 Å². The first-order chi connectivity index (χ1) is 8.34. The number of rotatable bonds is 5. The molecule has 0 aromatic heterocycles. The average molecular weight is 236 g/mol. The number of hydrogen-bond donors (Lipinski definition) is 1. The summed E-state index contributed by atoms with van der Waals surface area (Å²) in [6.45, 7) is 1.56. The molecule has 2 saturated carbocycles. The van der Waals surface area contributed by atoms with Gasteiger partial charge in [-0.15, -0.1) is 0 Å². The molecule has 0 aromatic rings. The van der Waals surface area contributed by atoms with Gasteiger partial charge in [0, 0.05) is 6.54 Å². The first-order valence-electron chi connectivity index (χ1n) is 7.37. The fraction of sp³-hybridized carbons (Fsp3) is 0.929. The molecule has 1 unspecified atom stereocenters. The Bertz CT molecular complexity index is 282. The van der Waals surface area contributed by atoms with E-state index in [1.807, 2.05) is 0 Å². The Labute approximate surface area is 104 Å². The molecule has 0 spiro atoms. The van der Waals surface area contributed by atoms with E-state index >= 15 is 0 Å².